The molecule has 1 aromatic heterocycles. The fourth-order valence-corrected chi connectivity index (χ4v) is 4.55. The standard InChI is InChI=1S/C18H25N3O2S/c1-3-24(22,23)17-9-5-4-8-16(17)21-11-6-7-15(14-21)13-18-19-10-12-20(18)2/h4-5,8-10,12,15H,3,6-7,11,13-14H2,1-2H3/t15-/m1/s1. The van der Waals surface area contributed by atoms with Crippen molar-refractivity contribution in [3.05, 3.63) is 42.5 Å². The number of piperidine rings is 1. The lowest BCUT2D eigenvalue weighted by molar-refractivity contribution is 0.402. The van der Waals surface area contributed by atoms with Crippen LogP contribution in [0, 0.1) is 5.92 Å². The summed E-state index contributed by atoms with van der Waals surface area (Å²) < 4.78 is 26.9. The van der Waals surface area contributed by atoms with Gasteiger partial charge in [-0.3, -0.25) is 0 Å². The molecule has 0 amide bonds. The third-order valence-electron chi connectivity index (χ3n) is 4.83. The van der Waals surface area contributed by atoms with Crippen LogP contribution in [0.2, 0.25) is 0 Å². The van der Waals surface area contributed by atoms with Crippen molar-refractivity contribution in [3.8, 4) is 0 Å². The topological polar surface area (TPSA) is 55.2 Å². The number of hydrogen-bond acceptors (Lipinski definition) is 4. The monoisotopic (exact) mass is 347 g/mol. The molecule has 1 atom stereocenters. The summed E-state index contributed by atoms with van der Waals surface area (Å²) in [7, 11) is -1.19. The normalized spacial score (nSPS) is 18.8. The summed E-state index contributed by atoms with van der Waals surface area (Å²) in [4.78, 5) is 7.13. The lowest BCUT2D eigenvalue weighted by Gasteiger charge is -2.35. The number of nitrogens with zero attached hydrogens (tertiary/aromatic N) is 3. The van der Waals surface area contributed by atoms with Crippen LogP contribution < -0.4 is 4.90 Å². The third-order valence-corrected chi connectivity index (χ3v) is 6.61. The number of sulfone groups is 1. The maximum atomic E-state index is 12.4. The second-order valence-electron chi connectivity index (χ2n) is 6.48. The van der Waals surface area contributed by atoms with E-state index in [1.54, 1.807) is 19.1 Å². The molecule has 1 fully saturated rings. The minimum absolute atomic E-state index is 0.133. The molecule has 1 aliphatic rings. The van der Waals surface area contributed by atoms with E-state index in [0.717, 1.165) is 43.9 Å². The van der Waals surface area contributed by atoms with Gasteiger partial charge in [-0.15, -0.1) is 0 Å². The summed E-state index contributed by atoms with van der Waals surface area (Å²) in [6.07, 6.45) is 6.97. The van der Waals surface area contributed by atoms with Crippen molar-refractivity contribution >= 4 is 15.5 Å². The fourth-order valence-electron chi connectivity index (χ4n) is 3.44. The number of aryl methyl sites for hydroxylation is 1. The zero-order valence-corrected chi connectivity index (χ0v) is 15.2. The van der Waals surface area contributed by atoms with E-state index in [4.69, 9.17) is 0 Å². The first kappa shape index (κ1) is 17.0. The van der Waals surface area contributed by atoms with Gasteiger partial charge in [0.15, 0.2) is 9.84 Å². The molecule has 1 aromatic carbocycles. The first-order chi connectivity index (χ1) is 11.5. The quantitative estimate of drug-likeness (QED) is 0.834. The highest BCUT2D eigenvalue weighted by atomic mass is 32.2. The van der Waals surface area contributed by atoms with E-state index in [1.807, 2.05) is 31.6 Å². The molecule has 2 heterocycles. The molecule has 2 aromatic rings. The number of hydrogen-bond donors (Lipinski definition) is 0. The third kappa shape index (κ3) is 3.48. The lowest BCUT2D eigenvalue weighted by atomic mass is 9.94. The van der Waals surface area contributed by atoms with E-state index in [0.29, 0.717) is 10.8 Å². The summed E-state index contributed by atoms with van der Waals surface area (Å²) in [5.74, 6) is 1.72. The molecule has 0 unspecified atom stereocenters. The van der Waals surface area contributed by atoms with Crippen molar-refractivity contribution in [2.75, 3.05) is 23.7 Å². The summed E-state index contributed by atoms with van der Waals surface area (Å²) >= 11 is 0. The summed E-state index contributed by atoms with van der Waals surface area (Å²) in [6, 6.07) is 7.40. The van der Waals surface area contributed by atoms with Crippen molar-refractivity contribution in [3.63, 3.8) is 0 Å². The number of imidazole rings is 1. The predicted octanol–water partition coefficient (Wildman–Crippen LogP) is 2.67. The van der Waals surface area contributed by atoms with Gasteiger partial charge in [0.2, 0.25) is 0 Å². The highest BCUT2D eigenvalue weighted by Gasteiger charge is 2.26. The fraction of sp³-hybridized carbons (Fsp3) is 0.500. The maximum Gasteiger partial charge on any atom is 0.180 e. The second kappa shape index (κ2) is 6.97. The molecule has 0 saturated carbocycles. The van der Waals surface area contributed by atoms with Crippen LogP contribution in [0.1, 0.15) is 25.6 Å². The van der Waals surface area contributed by atoms with Crippen molar-refractivity contribution in [1.82, 2.24) is 9.55 Å². The maximum absolute atomic E-state index is 12.4. The van der Waals surface area contributed by atoms with Crippen molar-refractivity contribution < 1.29 is 8.42 Å². The van der Waals surface area contributed by atoms with Crippen molar-refractivity contribution in [2.24, 2.45) is 13.0 Å². The van der Waals surface area contributed by atoms with E-state index in [2.05, 4.69) is 14.5 Å². The van der Waals surface area contributed by atoms with Gasteiger partial charge in [0.25, 0.3) is 0 Å². The number of anilines is 1. The molecule has 0 spiro atoms. The van der Waals surface area contributed by atoms with E-state index in [1.165, 1.54) is 0 Å². The van der Waals surface area contributed by atoms with Crippen LogP contribution in [-0.2, 0) is 23.3 Å². The summed E-state index contributed by atoms with van der Waals surface area (Å²) in [5.41, 5.74) is 0.851. The predicted molar refractivity (Wildman–Crippen MR) is 96.0 cm³/mol. The summed E-state index contributed by atoms with van der Waals surface area (Å²) in [5, 5.41) is 0. The largest absolute Gasteiger partial charge is 0.370 e. The molecule has 1 aliphatic heterocycles. The molecule has 6 heteroatoms. The van der Waals surface area contributed by atoms with Crippen LogP contribution in [0.5, 0.6) is 0 Å². The van der Waals surface area contributed by atoms with Crippen LogP contribution in [0.3, 0.4) is 0 Å². The smallest absolute Gasteiger partial charge is 0.180 e. The highest BCUT2D eigenvalue weighted by Crippen LogP contribution is 2.30. The second-order valence-corrected chi connectivity index (χ2v) is 8.73. The van der Waals surface area contributed by atoms with Crippen LogP contribution >= 0.6 is 0 Å². The first-order valence-corrected chi connectivity index (χ1v) is 10.2. The Kier molecular flexibility index (Phi) is 4.94. The minimum atomic E-state index is -3.21. The van der Waals surface area contributed by atoms with Crippen molar-refractivity contribution in [1.29, 1.82) is 0 Å². The SMILES string of the molecule is CCS(=O)(=O)c1ccccc1N1CCC[C@H](Cc2nccn2C)C1. The van der Waals surface area contributed by atoms with Crippen LogP contribution in [0.4, 0.5) is 5.69 Å². The van der Waals surface area contributed by atoms with Gasteiger partial charge in [-0.1, -0.05) is 19.1 Å². The zero-order chi connectivity index (χ0) is 17.2. The number of rotatable bonds is 5. The van der Waals surface area contributed by atoms with E-state index < -0.39 is 9.84 Å². The van der Waals surface area contributed by atoms with Crippen LogP contribution in [0.15, 0.2) is 41.6 Å². The van der Waals surface area contributed by atoms with Gasteiger partial charge < -0.3 is 9.47 Å². The Balaban J connectivity index is 1.82. The first-order valence-electron chi connectivity index (χ1n) is 8.54. The highest BCUT2D eigenvalue weighted by molar-refractivity contribution is 7.91. The van der Waals surface area contributed by atoms with Gasteiger partial charge in [0, 0.05) is 39.0 Å². The molecule has 0 bridgehead atoms. The van der Waals surface area contributed by atoms with Gasteiger partial charge in [0.05, 0.1) is 16.3 Å². The van der Waals surface area contributed by atoms with Gasteiger partial charge in [-0.2, -0.15) is 0 Å². The van der Waals surface area contributed by atoms with Crippen molar-refractivity contribution in [2.45, 2.75) is 31.1 Å². The molecule has 130 valence electrons. The molecule has 3 rings (SSSR count). The molecule has 0 aliphatic carbocycles. The Morgan fingerprint density at radius 1 is 1.29 bits per heavy atom. The Morgan fingerprint density at radius 2 is 2.08 bits per heavy atom. The molecular formula is C18H25N3O2S. The Hall–Kier alpha value is -1.82. The average Bonchev–Trinajstić information content (AvgIpc) is 3.00. The van der Waals surface area contributed by atoms with Gasteiger partial charge >= 0.3 is 0 Å². The minimum Gasteiger partial charge on any atom is -0.370 e. The number of aromatic nitrogens is 2. The van der Waals surface area contributed by atoms with Crippen LogP contribution in [0.25, 0.3) is 0 Å². The van der Waals surface area contributed by atoms with E-state index in [9.17, 15) is 8.42 Å². The molecule has 24 heavy (non-hydrogen) atoms. The lowest BCUT2D eigenvalue weighted by Crippen LogP contribution is -2.37. The zero-order valence-electron chi connectivity index (χ0n) is 14.4. The molecular weight excluding hydrogens is 322 g/mol. The van der Waals surface area contributed by atoms with Gasteiger partial charge in [0.1, 0.15) is 5.82 Å². The van der Waals surface area contributed by atoms with Gasteiger partial charge in [-0.25, -0.2) is 13.4 Å². The average molecular weight is 347 g/mol. The summed E-state index contributed by atoms with van der Waals surface area (Å²) in [6.45, 7) is 3.49. The Morgan fingerprint density at radius 3 is 2.79 bits per heavy atom. The van der Waals surface area contributed by atoms with E-state index >= 15 is 0 Å². The Bertz CT molecular complexity index is 798. The number of para-hydroxylation sites is 1. The molecule has 0 radical (unpaired) electrons. The molecule has 0 N–H and O–H groups in total. The molecule has 1 saturated heterocycles. The van der Waals surface area contributed by atoms with Gasteiger partial charge in [-0.05, 0) is 30.9 Å². The van der Waals surface area contributed by atoms with E-state index in [-0.39, 0.29) is 5.75 Å². The van der Waals surface area contributed by atoms with Crippen LogP contribution in [-0.4, -0.2) is 36.8 Å². The number of benzene rings is 1. The molecule has 5 nitrogen and oxygen atoms in total. The Labute approximate surface area is 144 Å².